The summed E-state index contributed by atoms with van der Waals surface area (Å²) in [5.74, 6) is 0.642. The zero-order valence-electron chi connectivity index (χ0n) is 7.19. The summed E-state index contributed by atoms with van der Waals surface area (Å²) >= 11 is 1.47. The van der Waals surface area contributed by atoms with Gasteiger partial charge in [0.25, 0.3) is 0 Å². The smallest absolute Gasteiger partial charge is 0.187 e. The molecule has 1 unspecified atom stereocenters. The van der Waals surface area contributed by atoms with Crippen LogP contribution in [0.15, 0.2) is 17.4 Å². The fourth-order valence-electron chi connectivity index (χ4n) is 0.691. The first-order valence-electron chi connectivity index (χ1n) is 3.79. The maximum atomic E-state index is 9.01. The van der Waals surface area contributed by atoms with Crippen molar-refractivity contribution in [3.63, 3.8) is 0 Å². The van der Waals surface area contributed by atoms with Crippen LogP contribution < -0.4 is 0 Å². The fourth-order valence-corrected chi connectivity index (χ4v) is 1.42. The summed E-state index contributed by atoms with van der Waals surface area (Å²) in [5, 5.41) is 9.74. The molecule has 0 amide bonds. The monoisotopic (exact) mass is 184 g/mol. The largest absolute Gasteiger partial charge is 0.393 e. The van der Waals surface area contributed by atoms with Gasteiger partial charge in [-0.3, -0.25) is 0 Å². The van der Waals surface area contributed by atoms with Crippen molar-refractivity contribution in [3.8, 4) is 0 Å². The number of nitrogens with zero attached hydrogens (tertiary/aromatic N) is 2. The molecular weight excluding hydrogens is 172 g/mol. The van der Waals surface area contributed by atoms with Crippen molar-refractivity contribution in [2.45, 2.75) is 25.1 Å². The Hall–Kier alpha value is -0.610. The van der Waals surface area contributed by atoms with Gasteiger partial charge in [-0.2, -0.15) is 0 Å². The quantitative estimate of drug-likeness (QED) is 0.567. The second-order valence-corrected chi connectivity index (χ2v) is 3.63. The average molecular weight is 184 g/mol. The fraction of sp³-hybridized carbons (Fsp3) is 0.500. The van der Waals surface area contributed by atoms with E-state index in [4.69, 9.17) is 5.11 Å². The van der Waals surface area contributed by atoms with Gasteiger partial charge < -0.3 is 5.11 Å². The van der Waals surface area contributed by atoms with Crippen LogP contribution in [-0.2, 0) is 0 Å². The van der Waals surface area contributed by atoms with Crippen molar-refractivity contribution in [2.75, 3.05) is 5.75 Å². The summed E-state index contributed by atoms with van der Waals surface area (Å²) in [5.41, 5.74) is 0.957. The predicted molar refractivity (Wildman–Crippen MR) is 49.2 cm³/mol. The minimum atomic E-state index is -0.306. The van der Waals surface area contributed by atoms with Gasteiger partial charge in [0.15, 0.2) is 5.16 Å². The number of hydrogen-bond donors (Lipinski definition) is 1. The molecule has 0 spiro atoms. The average Bonchev–Trinajstić information content (AvgIpc) is 2.01. The molecule has 66 valence electrons. The molecule has 4 heteroatoms. The van der Waals surface area contributed by atoms with E-state index in [-0.39, 0.29) is 6.10 Å². The molecular formula is C8H12N2OS. The third kappa shape index (κ3) is 3.19. The molecule has 1 N–H and O–H groups in total. The Labute approximate surface area is 76.2 Å². The SMILES string of the molecule is Cc1ccnc(SCC(C)O)n1. The van der Waals surface area contributed by atoms with Crippen LogP contribution >= 0.6 is 11.8 Å². The molecule has 0 saturated heterocycles. The van der Waals surface area contributed by atoms with Crippen LogP contribution in [0.4, 0.5) is 0 Å². The molecule has 0 aliphatic rings. The summed E-state index contributed by atoms with van der Waals surface area (Å²) in [7, 11) is 0. The highest BCUT2D eigenvalue weighted by Crippen LogP contribution is 2.12. The minimum absolute atomic E-state index is 0.306. The molecule has 1 aromatic heterocycles. The van der Waals surface area contributed by atoms with Crippen molar-refractivity contribution >= 4 is 11.8 Å². The summed E-state index contributed by atoms with van der Waals surface area (Å²) in [6.07, 6.45) is 1.42. The van der Waals surface area contributed by atoms with Gasteiger partial charge in [-0.25, -0.2) is 9.97 Å². The Morgan fingerprint density at radius 1 is 1.67 bits per heavy atom. The summed E-state index contributed by atoms with van der Waals surface area (Å²) in [6, 6.07) is 1.85. The number of thioether (sulfide) groups is 1. The maximum Gasteiger partial charge on any atom is 0.187 e. The summed E-state index contributed by atoms with van der Waals surface area (Å²) in [4.78, 5) is 8.24. The predicted octanol–water partition coefficient (Wildman–Crippen LogP) is 1.26. The molecule has 1 heterocycles. The van der Waals surface area contributed by atoms with Gasteiger partial charge in [-0.05, 0) is 19.9 Å². The Bertz CT molecular complexity index is 253. The second-order valence-electron chi connectivity index (χ2n) is 2.64. The van der Waals surface area contributed by atoms with Gasteiger partial charge in [0, 0.05) is 17.6 Å². The highest BCUT2D eigenvalue weighted by atomic mass is 32.2. The Morgan fingerprint density at radius 3 is 3.00 bits per heavy atom. The van der Waals surface area contributed by atoms with Gasteiger partial charge in [-0.15, -0.1) is 0 Å². The van der Waals surface area contributed by atoms with Crippen LogP contribution in [0.5, 0.6) is 0 Å². The highest BCUT2D eigenvalue weighted by Gasteiger charge is 2.00. The number of aliphatic hydroxyl groups excluding tert-OH is 1. The van der Waals surface area contributed by atoms with E-state index in [1.165, 1.54) is 11.8 Å². The topological polar surface area (TPSA) is 46.0 Å². The first-order valence-corrected chi connectivity index (χ1v) is 4.77. The van der Waals surface area contributed by atoms with E-state index in [1.54, 1.807) is 13.1 Å². The van der Waals surface area contributed by atoms with Crippen molar-refractivity contribution in [1.82, 2.24) is 9.97 Å². The number of hydrogen-bond acceptors (Lipinski definition) is 4. The van der Waals surface area contributed by atoms with Crippen molar-refractivity contribution in [3.05, 3.63) is 18.0 Å². The van der Waals surface area contributed by atoms with Gasteiger partial charge >= 0.3 is 0 Å². The molecule has 0 aliphatic carbocycles. The Kier molecular flexibility index (Phi) is 3.49. The van der Waals surface area contributed by atoms with E-state index in [0.717, 1.165) is 10.9 Å². The number of aromatic nitrogens is 2. The lowest BCUT2D eigenvalue weighted by atomic mass is 10.5. The van der Waals surface area contributed by atoms with Crippen molar-refractivity contribution < 1.29 is 5.11 Å². The van der Waals surface area contributed by atoms with E-state index in [9.17, 15) is 0 Å². The van der Waals surface area contributed by atoms with Gasteiger partial charge in [0.2, 0.25) is 0 Å². The second kappa shape index (κ2) is 4.42. The van der Waals surface area contributed by atoms with E-state index in [1.807, 2.05) is 13.0 Å². The normalized spacial score (nSPS) is 12.9. The zero-order valence-corrected chi connectivity index (χ0v) is 8.01. The Balaban J connectivity index is 2.52. The van der Waals surface area contributed by atoms with Gasteiger partial charge in [0.05, 0.1) is 6.10 Å². The first kappa shape index (κ1) is 9.48. The van der Waals surface area contributed by atoms with Gasteiger partial charge in [0.1, 0.15) is 0 Å². The Morgan fingerprint density at radius 2 is 2.42 bits per heavy atom. The third-order valence-electron chi connectivity index (χ3n) is 1.23. The van der Waals surface area contributed by atoms with Crippen LogP contribution in [0.3, 0.4) is 0 Å². The molecule has 0 aliphatic heterocycles. The van der Waals surface area contributed by atoms with Crippen LogP contribution in [0.2, 0.25) is 0 Å². The number of aryl methyl sites for hydroxylation is 1. The molecule has 1 atom stereocenters. The molecule has 3 nitrogen and oxygen atoms in total. The van der Waals surface area contributed by atoms with E-state index in [2.05, 4.69) is 9.97 Å². The van der Waals surface area contributed by atoms with Crippen molar-refractivity contribution in [1.29, 1.82) is 0 Å². The summed E-state index contributed by atoms with van der Waals surface area (Å²) < 4.78 is 0. The van der Waals surface area contributed by atoms with Crippen molar-refractivity contribution in [2.24, 2.45) is 0 Å². The number of aliphatic hydroxyl groups is 1. The lowest BCUT2D eigenvalue weighted by Crippen LogP contribution is -2.03. The minimum Gasteiger partial charge on any atom is -0.393 e. The summed E-state index contributed by atoms with van der Waals surface area (Å²) in [6.45, 7) is 3.68. The van der Waals surface area contributed by atoms with Crippen LogP contribution in [-0.4, -0.2) is 26.9 Å². The molecule has 0 radical (unpaired) electrons. The molecule has 0 saturated carbocycles. The molecule has 1 rings (SSSR count). The highest BCUT2D eigenvalue weighted by molar-refractivity contribution is 7.99. The van der Waals surface area contributed by atoms with Crippen LogP contribution in [0.25, 0.3) is 0 Å². The molecule has 0 bridgehead atoms. The molecule has 12 heavy (non-hydrogen) atoms. The molecule has 0 aromatic carbocycles. The molecule has 1 aromatic rings. The van der Waals surface area contributed by atoms with Crippen LogP contribution in [0.1, 0.15) is 12.6 Å². The lowest BCUT2D eigenvalue weighted by molar-refractivity contribution is 0.220. The van der Waals surface area contributed by atoms with E-state index < -0.39 is 0 Å². The number of rotatable bonds is 3. The standard InChI is InChI=1S/C8H12N2OS/c1-6-3-4-9-8(10-6)12-5-7(2)11/h3-4,7,11H,5H2,1-2H3. The first-order chi connectivity index (χ1) is 5.68. The van der Waals surface area contributed by atoms with Crippen LogP contribution in [0, 0.1) is 6.92 Å². The van der Waals surface area contributed by atoms with Gasteiger partial charge in [-0.1, -0.05) is 11.8 Å². The molecule has 0 fully saturated rings. The zero-order chi connectivity index (χ0) is 8.97. The van der Waals surface area contributed by atoms with E-state index >= 15 is 0 Å². The maximum absolute atomic E-state index is 9.01. The van der Waals surface area contributed by atoms with E-state index in [0.29, 0.717) is 5.75 Å². The lowest BCUT2D eigenvalue weighted by Gasteiger charge is -2.02. The third-order valence-corrected chi connectivity index (χ3v) is 2.33.